The van der Waals surface area contributed by atoms with Crippen LogP contribution in [0.4, 0.5) is 0 Å². The fraction of sp³-hybridized carbons (Fsp3) is 0.846. The zero-order valence-corrected chi connectivity index (χ0v) is 25.7. The molecule has 0 bridgehead atoms. The van der Waals surface area contributed by atoms with Crippen molar-refractivity contribution in [2.75, 3.05) is 24.6 Å². The van der Waals surface area contributed by atoms with E-state index < -0.39 is 0 Å². The zero-order chi connectivity index (χ0) is 27.6. The lowest BCUT2D eigenvalue weighted by Gasteiger charge is -2.22. The minimum absolute atomic E-state index is 0.0919. The van der Waals surface area contributed by atoms with Gasteiger partial charge in [-0.2, -0.15) is 25.3 Å². The molecule has 3 fully saturated rings. The van der Waals surface area contributed by atoms with Crippen molar-refractivity contribution in [2.45, 2.75) is 113 Å². The molecule has 0 radical (unpaired) electrons. The van der Waals surface area contributed by atoms with Gasteiger partial charge >= 0.3 is 0 Å². The quantitative estimate of drug-likeness (QED) is 0.108. The van der Waals surface area contributed by atoms with E-state index in [0.717, 1.165) is 81.8 Å². The van der Waals surface area contributed by atoms with Gasteiger partial charge in [-0.05, 0) is 57.1 Å². The Labute approximate surface area is 246 Å². The maximum Gasteiger partial charge on any atom is 0.295 e. The van der Waals surface area contributed by atoms with Crippen LogP contribution in [-0.4, -0.2) is 82.1 Å². The Hall–Kier alpha value is -0.720. The standard InChI is InChI=1S/C13H21NO3S2.C13H23NO3S2/c15-10-17-13-6-3-8-14(13)12(16)5-2-1-4-11-7-9-18-19-11;15-10-17-13-6-3-8-14(13)12(16)5-2-1-4-11(19)7-9-18/h10-11,13H,1-9H2;10-11,13,18-19H,1-9H2/t2*11?,13-/m11/s1. The summed E-state index contributed by atoms with van der Waals surface area (Å²) in [5, 5.41) is 1.17. The molecular formula is C26H44N2O6S4. The summed E-state index contributed by atoms with van der Waals surface area (Å²) < 4.78 is 9.86. The maximum atomic E-state index is 12.0. The third kappa shape index (κ3) is 12.6. The Morgan fingerprint density at radius 2 is 1.45 bits per heavy atom. The highest BCUT2D eigenvalue weighted by Gasteiger charge is 2.30. The molecule has 0 aromatic carbocycles. The second-order valence-corrected chi connectivity index (χ2v) is 13.8. The lowest BCUT2D eigenvalue weighted by atomic mass is 10.1. The molecule has 0 spiro atoms. The molecule has 38 heavy (non-hydrogen) atoms. The Balaban J connectivity index is 0.000000267. The van der Waals surface area contributed by atoms with Crippen molar-refractivity contribution in [1.29, 1.82) is 0 Å². The minimum Gasteiger partial charge on any atom is -0.444 e. The van der Waals surface area contributed by atoms with E-state index in [4.69, 9.17) is 9.47 Å². The molecule has 2 unspecified atom stereocenters. The van der Waals surface area contributed by atoms with Crippen molar-refractivity contribution >= 4 is 71.6 Å². The highest BCUT2D eigenvalue weighted by atomic mass is 33.1. The third-order valence-electron chi connectivity index (χ3n) is 7.00. The lowest BCUT2D eigenvalue weighted by molar-refractivity contribution is -0.152. The second kappa shape index (κ2) is 20.2. The number of hydrogen-bond acceptors (Lipinski definition) is 10. The first-order valence-electron chi connectivity index (χ1n) is 13.8. The summed E-state index contributed by atoms with van der Waals surface area (Å²) in [6, 6.07) is 0. The van der Waals surface area contributed by atoms with Crippen molar-refractivity contribution in [3.63, 3.8) is 0 Å². The summed E-state index contributed by atoms with van der Waals surface area (Å²) in [6.07, 6.45) is 12.3. The van der Waals surface area contributed by atoms with E-state index in [1.54, 1.807) is 9.80 Å². The molecule has 0 saturated carbocycles. The monoisotopic (exact) mass is 608 g/mol. The van der Waals surface area contributed by atoms with Crippen molar-refractivity contribution in [2.24, 2.45) is 0 Å². The van der Waals surface area contributed by atoms with Crippen LogP contribution in [0.1, 0.15) is 89.9 Å². The summed E-state index contributed by atoms with van der Waals surface area (Å²) in [7, 11) is 3.96. The molecule has 3 aliphatic rings. The van der Waals surface area contributed by atoms with Gasteiger partial charge in [0, 0.05) is 55.0 Å². The van der Waals surface area contributed by atoms with E-state index in [-0.39, 0.29) is 24.3 Å². The number of ether oxygens (including phenoxy) is 2. The van der Waals surface area contributed by atoms with Gasteiger partial charge in [-0.3, -0.25) is 19.2 Å². The fourth-order valence-electron chi connectivity index (χ4n) is 4.90. The van der Waals surface area contributed by atoms with Gasteiger partial charge in [0.2, 0.25) is 11.8 Å². The number of nitrogens with zero attached hydrogens (tertiary/aromatic N) is 2. The van der Waals surface area contributed by atoms with E-state index in [9.17, 15) is 19.2 Å². The molecule has 12 heteroatoms. The highest BCUT2D eigenvalue weighted by Crippen LogP contribution is 2.40. The number of unbranched alkanes of at least 4 members (excludes halogenated alkanes) is 2. The van der Waals surface area contributed by atoms with Crippen molar-refractivity contribution in [3.05, 3.63) is 0 Å². The van der Waals surface area contributed by atoms with E-state index in [1.807, 2.05) is 21.6 Å². The predicted octanol–water partition coefficient (Wildman–Crippen LogP) is 5.11. The van der Waals surface area contributed by atoms with Crippen molar-refractivity contribution in [1.82, 2.24) is 9.80 Å². The van der Waals surface area contributed by atoms with Crippen LogP contribution in [0, 0.1) is 0 Å². The fourth-order valence-corrected chi connectivity index (χ4v) is 8.76. The largest absolute Gasteiger partial charge is 0.444 e. The normalized spacial score (nSPS) is 23.5. The summed E-state index contributed by atoms with van der Waals surface area (Å²) in [6.45, 7) is 2.31. The minimum atomic E-state index is -0.341. The molecule has 3 saturated heterocycles. The molecule has 0 aliphatic carbocycles. The average molecular weight is 609 g/mol. The molecule has 4 atom stereocenters. The number of thiol groups is 2. The van der Waals surface area contributed by atoms with Gasteiger partial charge in [0.05, 0.1) is 0 Å². The Morgan fingerprint density at radius 1 is 0.868 bits per heavy atom. The zero-order valence-electron chi connectivity index (χ0n) is 22.2. The Morgan fingerprint density at radius 3 is 1.95 bits per heavy atom. The number of hydrogen-bond donors (Lipinski definition) is 2. The van der Waals surface area contributed by atoms with E-state index >= 15 is 0 Å². The topological polar surface area (TPSA) is 93.2 Å². The molecule has 0 N–H and O–H groups in total. The first-order chi connectivity index (χ1) is 18.5. The van der Waals surface area contributed by atoms with Gasteiger partial charge in [-0.15, -0.1) is 0 Å². The van der Waals surface area contributed by atoms with Crippen molar-refractivity contribution < 1.29 is 28.7 Å². The molecule has 3 aliphatic heterocycles. The van der Waals surface area contributed by atoms with Gasteiger partial charge in [-0.25, -0.2) is 0 Å². The van der Waals surface area contributed by atoms with Gasteiger partial charge in [-0.1, -0.05) is 34.4 Å². The van der Waals surface area contributed by atoms with Crippen LogP contribution in [0.15, 0.2) is 0 Å². The van der Waals surface area contributed by atoms with E-state index in [0.29, 0.717) is 37.6 Å². The van der Waals surface area contributed by atoms with Crippen LogP contribution in [-0.2, 0) is 28.7 Å². The number of likely N-dealkylation sites (tertiary alicyclic amines) is 2. The van der Waals surface area contributed by atoms with Crippen LogP contribution in [0.2, 0.25) is 0 Å². The Kier molecular flexibility index (Phi) is 17.8. The van der Waals surface area contributed by atoms with Gasteiger partial charge < -0.3 is 19.3 Å². The number of carbonyl (C=O) groups is 4. The smallest absolute Gasteiger partial charge is 0.295 e. The van der Waals surface area contributed by atoms with E-state index in [2.05, 4.69) is 25.3 Å². The first-order valence-corrected chi connectivity index (χ1v) is 17.4. The molecule has 8 nitrogen and oxygen atoms in total. The second-order valence-electron chi connectivity index (χ2n) is 9.82. The summed E-state index contributed by atoms with van der Waals surface area (Å²) in [4.78, 5) is 48.2. The molecule has 3 heterocycles. The number of rotatable bonds is 16. The molecule has 3 rings (SSSR count). The summed E-state index contributed by atoms with van der Waals surface area (Å²) in [5.74, 6) is 2.35. The van der Waals surface area contributed by atoms with Gasteiger partial charge in [0.1, 0.15) is 0 Å². The van der Waals surface area contributed by atoms with Crippen LogP contribution in [0.25, 0.3) is 0 Å². The van der Waals surface area contributed by atoms with Crippen LogP contribution < -0.4 is 0 Å². The van der Waals surface area contributed by atoms with Gasteiger partial charge in [0.15, 0.2) is 12.5 Å². The number of carbonyl (C=O) groups excluding carboxylic acids is 4. The molecule has 0 aromatic heterocycles. The predicted molar refractivity (Wildman–Crippen MR) is 160 cm³/mol. The number of amides is 2. The molecule has 0 aromatic rings. The molecule has 218 valence electrons. The van der Waals surface area contributed by atoms with Crippen LogP contribution in [0.5, 0.6) is 0 Å². The molecule has 2 amide bonds. The summed E-state index contributed by atoms with van der Waals surface area (Å²) >= 11 is 8.64. The molecular weight excluding hydrogens is 565 g/mol. The van der Waals surface area contributed by atoms with Crippen LogP contribution in [0.3, 0.4) is 0 Å². The first kappa shape index (κ1) is 33.5. The van der Waals surface area contributed by atoms with Gasteiger partial charge in [0.25, 0.3) is 12.9 Å². The summed E-state index contributed by atoms with van der Waals surface area (Å²) in [5.41, 5.74) is 0. The van der Waals surface area contributed by atoms with Crippen molar-refractivity contribution in [3.8, 4) is 0 Å². The Bertz CT molecular complexity index is 713. The van der Waals surface area contributed by atoms with Crippen LogP contribution >= 0.6 is 46.8 Å². The third-order valence-corrected chi connectivity index (χ3v) is 10.8. The SMILES string of the molecule is O=CO[C@@H]1CCCN1C(=O)CCCCC(S)CCS.O=CO[C@@H]1CCCN1C(=O)CCCCC1CCSS1. The maximum absolute atomic E-state index is 12.0. The average Bonchev–Trinajstić information content (AvgIpc) is 3.68. The lowest BCUT2D eigenvalue weighted by Crippen LogP contribution is -2.36. The van der Waals surface area contributed by atoms with E-state index in [1.165, 1.54) is 18.6 Å². The highest BCUT2D eigenvalue weighted by molar-refractivity contribution is 8.77.